The maximum absolute atomic E-state index is 6.33. The van der Waals surface area contributed by atoms with E-state index in [0.29, 0.717) is 0 Å². The predicted octanol–water partition coefficient (Wildman–Crippen LogP) is 9.77. The minimum atomic E-state index is 0.921. The summed E-state index contributed by atoms with van der Waals surface area (Å²) in [4.78, 5) is 4.40. The summed E-state index contributed by atoms with van der Waals surface area (Å²) in [5.41, 5.74) is 6.50. The number of nitrogens with zero attached hydrogens (tertiary/aromatic N) is 1. The number of hydrogen-bond donors (Lipinski definition) is 0. The molecule has 172 valence electrons. The van der Waals surface area contributed by atoms with Crippen LogP contribution >= 0.6 is 0 Å². The highest BCUT2D eigenvalue weighted by Crippen LogP contribution is 2.39. The van der Waals surface area contributed by atoms with Crippen molar-refractivity contribution in [1.82, 2.24) is 4.98 Å². The zero-order chi connectivity index (χ0) is 24.3. The quantitative estimate of drug-likeness (QED) is 0.235. The average molecular weight is 472 g/mol. The molecule has 8 aromatic rings. The highest BCUT2D eigenvalue weighted by molar-refractivity contribution is 6.25. The smallest absolute Gasteiger partial charge is 0.143 e. The number of para-hydroxylation sites is 2. The van der Waals surface area contributed by atoms with Crippen LogP contribution in [0.3, 0.4) is 0 Å². The van der Waals surface area contributed by atoms with E-state index in [9.17, 15) is 0 Å². The monoisotopic (exact) mass is 471 g/mol. The van der Waals surface area contributed by atoms with E-state index in [1.54, 1.807) is 0 Å². The van der Waals surface area contributed by atoms with Gasteiger partial charge in [-0.05, 0) is 67.9 Å². The molecule has 0 amide bonds. The SMILES string of the molecule is c1cc(-c2ccc3c4ccncc4c4ccccc4c3c2)cc(-c2cccc3c2oc2ccccc23)c1. The lowest BCUT2D eigenvalue weighted by Gasteiger charge is -2.12. The normalized spacial score (nSPS) is 11.8. The number of benzene rings is 6. The molecular weight excluding hydrogens is 450 g/mol. The summed E-state index contributed by atoms with van der Waals surface area (Å²) in [6, 6.07) is 41.0. The van der Waals surface area contributed by atoms with Crippen molar-refractivity contribution in [2.45, 2.75) is 0 Å². The Kier molecular flexibility index (Phi) is 4.26. The van der Waals surface area contributed by atoms with E-state index < -0.39 is 0 Å². The Labute approximate surface area is 213 Å². The second-order valence-electron chi connectivity index (χ2n) is 9.59. The molecule has 2 heterocycles. The van der Waals surface area contributed by atoms with Crippen LogP contribution in [0.4, 0.5) is 0 Å². The Morgan fingerprint density at radius 2 is 1.11 bits per heavy atom. The molecular formula is C35H21NO. The Hall–Kier alpha value is -4.95. The first-order valence-corrected chi connectivity index (χ1v) is 12.5. The molecule has 0 saturated heterocycles. The van der Waals surface area contributed by atoms with Crippen LogP contribution in [0.5, 0.6) is 0 Å². The minimum absolute atomic E-state index is 0.921. The number of fused-ring (bicyclic) bond motifs is 9. The standard InChI is InChI=1S/C35H21NO/c1-2-10-27-26(9-1)32-20-23(15-16-28(32)29-17-18-36-21-33(27)29)22-7-5-8-24(19-22)25-12-6-13-31-30-11-3-4-14-34(30)37-35(25)31/h1-21H. The maximum Gasteiger partial charge on any atom is 0.143 e. The molecule has 0 saturated carbocycles. The van der Waals surface area contributed by atoms with Crippen molar-refractivity contribution in [2.24, 2.45) is 0 Å². The molecule has 0 unspecified atom stereocenters. The lowest BCUT2D eigenvalue weighted by atomic mass is 9.92. The van der Waals surface area contributed by atoms with Crippen LogP contribution in [0.15, 0.2) is 132 Å². The molecule has 0 fully saturated rings. The maximum atomic E-state index is 6.33. The van der Waals surface area contributed by atoms with Gasteiger partial charge < -0.3 is 4.42 Å². The van der Waals surface area contributed by atoms with Crippen molar-refractivity contribution in [3.8, 4) is 22.3 Å². The zero-order valence-corrected chi connectivity index (χ0v) is 20.0. The first-order valence-electron chi connectivity index (χ1n) is 12.5. The van der Waals surface area contributed by atoms with E-state index in [1.165, 1.54) is 43.4 Å². The molecule has 0 aliphatic rings. The highest BCUT2D eigenvalue weighted by Gasteiger charge is 2.13. The Morgan fingerprint density at radius 1 is 0.432 bits per heavy atom. The third-order valence-corrected chi connectivity index (χ3v) is 7.55. The Balaban J connectivity index is 1.34. The van der Waals surface area contributed by atoms with Gasteiger partial charge in [0.05, 0.1) is 0 Å². The van der Waals surface area contributed by atoms with E-state index >= 15 is 0 Å². The van der Waals surface area contributed by atoms with E-state index in [4.69, 9.17) is 4.42 Å². The molecule has 8 rings (SSSR count). The molecule has 37 heavy (non-hydrogen) atoms. The van der Waals surface area contributed by atoms with Crippen LogP contribution in [0.2, 0.25) is 0 Å². The summed E-state index contributed by atoms with van der Waals surface area (Å²) in [6.45, 7) is 0. The van der Waals surface area contributed by atoms with Crippen molar-refractivity contribution < 1.29 is 4.42 Å². The van der Waals surface area contributed by atoms with Gasteiger partial charge in [0, 0.05) is 34.1 Å². The number of rotatable bonds is 2. The number of pyridine rings is 1. The topological polar surface area (TPSA) is 26.0 Å². The van der Waals surface area contributed by atoms with Crippen LogP contribution < -0.4 is 0 Å². The largest absolute Gasteiger partial charge is 0.455 e. The fourth-order valence-electron chi connectivity index (χ4n) is 5.82. The van der Waals surface area contributed by atoms with Crippen LogP contribution in [0.25, 0.3) is 76.5 Å². The molecule has 0 spiro atoms. The van der Waals surface area contributed by atoms with Crippen LogP contribution in [0.1, 0.15) is 0 Å². The predicted molar refractivity (Wildman–Crippen MR) is 155 cm³/mol. The first kappa shape index (κ1) is 20.3. The van der Waals surface area contributed by atoms with E-state index in [1.807, 2.05) is 24.5 Å². The number of hydrogen-bond acceptors (Lipinski definition) is 2. The molecule has 6 aromatic carbocycles. The summed E-state index contributed by atoms with van der Waals surface area (Å²) in [7, 11) is 0. The fourth-order valence-corrected chi connectivity index (χ4v) is 5.82. The van der Waals surface area contributed by atoms with Crippen molar-refractivity contribution in [3.63, 3.8) is 0 Å². The van der Waals surface area contributed by atoms with Gasteiger partial charge in [0.25, 0.3) is 0 Å². The second-order valence-corrected chi connectivity index (χ2v) is 9.59. The van der Waals surface area contributed by atoms with Gasteiger partial charge in [-0.3, -0.25) is 4.98 Å². The average Bonchev–Trinajstić information content (AvgIpc) is 3.36. The molecule has 0 radical (unpaired) electrons. The summed E-state index contributed by atoms with van der Waals surface area (Å²) < 4.78 is 6.33. The lowest BCUT2D eigenvalue weighted by Crippen LogP contribution is -1.86. The van der Waals surface area contributed by atoms with Crippen molar-refractivity contribution in [3.05, 3.63) is 128 Å². The van der Waals surface area contributed by atoms with Gasteiger partial charge in [-0.25, -0.2) is 0 Å². The molecule has 0 aliphatic carbocycles. The molecule has 2 nitrogen and oxygen atoms in total. The van der Waals surface area contributed by atoms with Gasteiger partial charge in [0.2, 0.25) is 0 Å². The first-order chi connectivity index (χ1) is 18.3. The summed E-state index contributed by atoms with van der Waals surface area (Å²) in [5, 5.41) is 9.74. The Morgan fingerprint density at radius 3 is 2.03 bits per heavy atom. The number of aromatic nitrogens is 1. The molecule has 2 aromatic heterocycles. The summed E-state index contributed by atoms with van der Waals surface area (Å²) in [6.07, 6.45) is 3.86. The molecule has 0 N–H and O–H groups in total. The van der Waals surface area contributed by atoms with E-state index in [2.05, 4.69) is 108 Å². The number of furan rings is 1. The minimum Gasteiger partial charge on any atom is -0.455 e. The lowest BCUT2D eigenvalue weighted by molar-refractivity contribution is 0.670. The van der Waals surface area contributed by atoms with Gasteiger partial charge in [-0.2, -0.15) is 0 Å². The van der Waals surface area contributed by atoms with E-state index in [0.717, 1.165) is 33.1 Å². The van der Waals surface area contributed by atoms with Crippen LogP contribution in [-0.2, 0) is 0 Å². The van der Waals surface area contributed by atoms with Gasteiger partial charge in [-0.1, -0.05) is 91.0 Å². The third-order valence-electron chi connectivity index (χ3n) is 7.55. The van der Waals surface area contributed by atoms with Gasteiger partial charge in [0.15, 0.2) is 0 Å². The highest BCUT2D eigenvalue weighted by atomic mass is 16.3. The van der Waals surface area contributed by atoms with E-state index in [-0.39, 0.29) is 0 Å². The molecule has 0 aliphatic heterocycles. The van der Waals surface area contributed by atoms with Gasteiger partial charge in [-0.15, -0.1) is 0 Å². The van der Waals surface area contributed by atoms with Gasteiger partial charge >= 0.3 is 0 Å². The molecule has 2 heteroatoms. The fraction of sp³-hybridized carbons (Fsp3) is 0. The second kappa shape index (κ2) is 7.78. The molecule has 0 bridgehead atoms. The third kappa shape index (κ3) is 3.03. The molecule has 0 atom stereocenters. The van der Waals surface area contributed by atoms with Gasteiger partial charge in [0.1, 0.15) is 11.2 Å². The summed E-state index contributed by atoms with van der Waals surface area (Å²) in [5.74, 6) is 0. The summed E-state index contributed by atoms with van der Waals surface area (Å²) >= 11 is 0. The zero-order valence-electron chi connectivity index (χ0n) is 20.0. The van der Waals surface area contributed by atoms with Crippen LogP contribution in [-0.4, -0.2) is 4.98 Å². The van der Waals surface area contributed by atoms with Crippen molar-refractivity contribution in [2.75, 3.05) is 0 Å². The Bertz CT molecular complexity index is 2120. The van der Waals surface area contributed by atoms with Crippen molar-refractivity contribution >= 4 is 54.3 Å². The van der Waals surface area contributed by atoms with Crippen LogP contribution in [0, 0.1) is 0 Å². The van der Waals surface area contributed by atoms with Crippen molar-refractivity contribution in [1.29, 1.82) is 0 Å².